The first-order chi connectivity index (χ1) is 9.10. The Balaban J connectivity index is 2.27. The zero-order valence-electron chi connectivity index (χ0n) is 11.0. The standard InChI is InChI=1S/C13H17ClN4S/c1-3-10(15)7-9-5-4-6-11(14)12(9)19-13-16-8(2)17-18-13/h4-6,10H,3,7,15H2,1-2H3,(H,16,17,18). The van der Waals surface area contributed by atoms with Crippen LogP contribution >= 0.6 is 23.4 Å². The van der Waals surface area contributed by atoms with Crippen molar-refractivity contribution in [2.75, 3.05) is 0 Å². The number of benzene rings is 1. The summed E-state index contributed by atoms with van der Waals surface area (Å²) in [6, 6.07) is 6.03. The van der Waals surface area contributed by atoms with E-state index in [1.54, 1.807) is 0 Å². The minimum Gasteiger partial charge on any atom is -0.327 e. The van der Waals surface area contributed by atoms with Crippen molar-refractivity contribution < 1.29 is 0 Å². The van der Waals surface area contributed by atoms with Gasteiger partial charge < -0.3 is 5.73 Å². The molecule has 2 aromatic rings. The fourth-order valence-corrected chi connectivity index (χ4v) is 2.93. The third-order valence-corrected chi connectivity index (χ3v) is 4.30. The van der Waals surface area contributed by atoms with E-state index < -0.39 is 0 Å². The highest BCUT2D eigenvalue weighted by molar-refractivity contribution is 7.99. The van der Waals surface area contributed by atoms with E-state index in [1.807, 2.05) is 19.1 Å². The second-order valence-electron chi connectivity index (χ2n) is 4.41. The van der Waals surface area contributed by atoms with Crippen molar-refractivity contribution in [2.45, 2.75) is 42.8 Å². The number of hydrogen-bond donors (Lipinski definition) is 2. The van der Waals surface area contributed by atoms with E-state index >= 15 is 0 Å². The molecule has 4 nitrogen and oxygen atoms in total. The van der Waals surface area contributed by atoms with E-state index in [-0.39, 0.29) is 6.04 Å². The summed E-state index contributed by atoms with van der Waals surface area (Å²) in [5.41, 5.74) is 7.18. The first kappa shape index (κ1) is 14.4. The lowest BCUT2D eigenvalue weighted by Crippen LogP contribution is -2.21. The van der Waals surface area contributed by atoms with Gasteiger partial charge in [-0.3, -0.25) is 5.10 Å². The molecule has 6 heteroatoms. The second-order valence-corrected chi connectivity index (χ2v) is 5.79. The van der Waals surface area contributed by atoms with E-state index in [2.05, 4.69) is 28.2 Å². The minimum absolute atomic E-state index is 0.145. The predicted octanol–water partition coefficient (Wildman–Crippen LogP) is 3.20. The van der Waals surface area contributed by atoms with Gasteiger partial charge in [-0.15, -0.1) is 5.10 Å². The van der Waals surface area contributed by atoms with Gasteiger partial charge in [0.2, 0.25) is 5.16 Å². The number of H-pyrrole nitrogens is 1. The van der Waals surface area contributed by atoms with Crippen LogP contribution in [0.15, 0.2) is 28.3 Å². The summed E-state index contributed by atoms with van der Waals surface area (Å²) >= 11 is 7.76. The molecule has 0 radical (unpaired) electrons. The number of rotatable bonds is 5. The Morgan fingerprint density at radius 3 is 2.89 bits per heavy atom. The Kier molecular flexibility index (Phi) is 4.85. The summed E-state index contributed by atoms with van der Waals surface area (Å²) in [6.07, 6.45) is 1.75. The Hall–Kier alpha value is -1.04. The SMILES string of the molecule is CCC(N)Cc1cccc(Cl)c1Sc1n[nH]c(C)n1. The van der Waals surface area contributed by atoms with E-state index in [1.165, 1.54) is 11.8 Å². The topological polar surface area (TPSA) is 67.6 Å². The first-order valence-corrected chi connectivity index (χ1v) is 7.39. The molecule has 1 atom stereocenters. The van der Waals surface area contributed by atoms with Crippen LogP contribution in [0.3, 0.4) is 0 Å². The summed E-state index contributed by atoms with van der Waals surface area (Å²) in [7, 11) is 0. The number of halogens is 1. The molecule has 0 saturated carbocycles. The van der Waals surface area contributed by atoms with Crippen molar-refractivity contribution in [2.24, 2.45) is 5.73 Å². The smallest absolute Gasteiger partial charge is 0.213 e. The lowest BCUT2D eigenvalue weighted by molar-refractivity contribution is 0.641. The van der Waals surface area contributed by atoms with E-state index in [4.69, 9.17) is 17.3 Å². The molecule has 0 saturated heterocycles. The van der Waals surface area contributed by atoms with Gasteiger partial charge in [0.15, 0.2) is 0 Å². The van der Waals surface area contributed by atoms with E-state index in [9.17, 15) is 0 Å². The maximum Gasteiger partial charge on any atom is 0.213 e. The van der Waals surface area contributed by atoms with Crippen LogP contribution in [0.25, 0.3) is 0 Å². The molecule has 0 bridgehead atoms. The van der Waals surface area contributed by atoms with Crippen LogP contribution in [-0.2, 0) is 6.42 Å². The molecule has 1 heterocycles. The quantitative estimate of drug-likeness (QED) is 0.889. The fraction of sp³-hybridized carbons (Fsp3) is 0.385. The van der Waals surface area contributed by atoms with Gasteiger partial charge in [-0.1, -0.05) is 30.7 Å². The summed E-state index contributed by atoms with van der Waals surface area (Å²) in [5, 5.41) is 8.35. The molecule has 1 aromatic carbocycles. The Morgan fingerprint density at radius 2 is 2.26 bits per heavy atom. The highest BCUT2D eigenvalue weighted by Crippen LogP contribution is 2.34. The van der Waals surface area contributed by atoms with Gasteiger partial charge in [0.25, 0.3) is 0 Å². The lowest BCUT2D eigenvalue weighted by Gasteiger charge is -2.13. The lowest BCUT2D eigenvalue weighted by atomic mass is 10.0. The largest absolute Gasteiger partial charge is 0.327 e. The van der Waals surface area contributed by atoms with Crippen molar-refractivity contribution in [1.29, 1.82) is 0 Å². The number of nitrogens with one attached hydrogen (secondary N) is 1. The molecule has 0 amide bonds. The third kappa shape index (κ3) is 3.72. The van der Waals surface area contributed by atoms with Crippen molar-refractivity contribution in [1.82, 2.24) is 15.2 Å². The van der Waals surface area contributed by atoms with Crippen LogP contribution in [0.2, 0.25) is 5.02 Å². The molecule has 3 N–H and O–H groups in total. The van der Waals surface area contributed by atoms with Gasteiger partial charge >= 0.3 is 0 Å². The number of aromatic amines is 1. The molecule has 0 spiro atoms. The molecule has 1 aromatic heterocycles. The van der Waals surface area contributed by atoms with Crippen LogP contribution in [0.5, 0.6) is 0 Å². The number of hydrogen-bond acceptors (Lipinski definition) is 4. The number of nitrogens with zero attached hydrogens (tertiary/aromatic N) is 2. The van der Waals surface area contributed by atoms with Crippen molar-refractivity contribution in [3.63, 3.8) is 0 Å². The van der Waals surface area contributed by atoms with Gasteiger partial charge in [-0.25, -0.2) is 4.98 Å². The fourth-order valence-electron chi connectivity index (χ4n) is 1.71. The molecule has 0 aliphatic rings. The second kappa shape index (κ2) is 6.41. The molecule has 0 aliphatic carbocycles. The maximum atomic E-state index is 6.29. The normalized spacial score (nSPS) is 12.6. The molecule has 19 heavy (non-hydrogen) atoms. The molecule has 1 unspecified atom stereocenters. The van der Waals surface area contributed by atoms with E-state index in [0.29, 0.717) is 10.2 Å². The predicted molar refractivity (Wildman–Crippen MR) is 78.7 cm³/mol. The molecule has 2 rings (SSSR count). The average molecular weight is 297 g/mol. The van der Waals surface area contributed by atoms with Gasteiger partial charge in [-0.2, -0.15) is 0 Å². The van der Waals surface area contributed by atoms with Crippen LogP contribution in [0, 0.1) is 6.92 Å². The Morgan fingerprint density at radius 1 is 1.47 bits per heavy atom. The van der Waals surface area contributed by atoms with Crippen LogP contribution in [0.1, 0.15) is 24.7 Å². The molecule has 0 aliphatic heterocycles. The van der Waals surface area contributed by atoms with Gasteiger partial charge in [-0.05, 0) is 43.2 Å². The average Bonchev–Trinajstić information content (AvgIpc) is 2.79. The first-order valence-electron chi connectivity index (χ1n) is 6.20. The Bertz CT molecular complexity index is 555. The van der Waals surface area contributed by atoms with Crippen molar-refractivity contribution >= 4 is 23.4 Å². The number of nitrogens with two attached hydrogens (primary N) is 1. The van der Waals surface area contributed by atoms with Crippen molar-refractivity contribution in [3.05, 3.63) is 34.6 Å². The summed E-state index contributed by atoms with van der Waals surface area (Å²) in [5.74, 6) is 0.793. The molecular weight excluding hydrogens is 280 g/mol. The number of aryl methyl sites for hydroxylation is 1. The van der Waals surface area contributed by atoms with Crippen LogP contribution in [0.4, 0.5) is 0 Å². The van der Waals surface area contributed by atoms with Gasteiger partial charge in [0, 0.05) is 10.9 Å². The van der Waals surface area contributed by atoms with E-state index in [0.717, 1.165) is 29.1 Å². The van der Waals surface area contributed by atoms with Gasteiger partial charge in [0.05, 0.1) is 5.02 Å². The van der Waals surface area contributed by atoms with Crippen molar-refractivity contribution in [3.8, 4) is 0 Å². The maximum absolute atomic E-state index is 6.29. The van der Waals surface area contributed by atoms with Crippen LogP contribution < -0.4 is 5.73 Å². The molecular formula is C13H17ClN4S. The zero-order chi connectivity index (χ0) is 13.8. The highest BCUT2D eigenvalue weighted by atomic mass is 35.5. The summed E-state index contributed by atoms with van der Waals surface area (Å²) in [4.78, 5) is 5.29. The summed E-state index contributed by atoms with van der Waals surface area (Å²) in [6.45, 7) is 3.96. The van der Waals surface area contributed by atoms with Gasteiger partial charge in [0.1, 0.15) is 5.82 Å². The highest BCUT2D eigenvalue weighted by Gasteiger charge is 2.13. The van der Waals surface area contributed by atoms with Crippen LogP contribution in [-0.4, -0.2) is 21.2 Å². The number of aromatic nitrogens is 3. The minimum atomic E-state index is 0.145. The molecule has 102 valence electrons. The monoisotopic (exact) mass is 296 g/mol. The summed E-state index contributed by atoms with van der Waals surface area (Å²) < 4.78 is 0. The zero-order valence-corrected chi connectivity index (χ0v) is 12.6. The third-order valence-electron chi connectivity index (χ3n) is 2.83. The molecule has 0 fully saturated rings. The Labute approximate surface area is 122 Å².